The second-order valence-electron chi connectivity index (χ2n) is 4.62. The van der Waals surface area contributed by atoms with Crippen LogP contribution in [0.5, 0.6) is 0 Å². The van der Waals surface area contributed by atoms with Crippen molar-refractivity contribution >= 4 is 23.3 Å². The van der Waals surface area contributed by atoms with Gasteiger partial charge in [0.1, 0.15) is 5.82 Å². The van der Waals surface area contributed by atoms with E-state index in [1.807, 2.05) is 11.8 Å². The number of nitrogens with two attached hydrogens (primary N) is 1. The van der Waals surface area contributed by atoms with Crippen molar-refractivity contribution in [3.05, 3.63) is 22.8 Å². The highest BCUT2D eigenvalue weighted by Gasteiger charge is 2.27. The summed E-state index contributed by atoms with van der Waals surface area (Å²) in [6.07, 6.45) is 5.99. The van der Waals surface area contributed by atoms with Crippen LogP contribution in [0.1, 0.15) is 43.0 Å². The lowest BCUT2D eigenvalue weighted by Crippen LogP contribution is -2.38. The summed E-state index contributed by atoms with van der Waals surface area (Å²) in [4.78, 5) is 18.3. The smallest absolute Gasteiger partial charge is 0.255 e. The maximum absolute atomic E-state index is 12.5. The highest BCUT2D eigenvalue weighted by molar-refractivity contribution is 6.33. The molecule has 0 atom stereocenters. The zero-order chi connectivity index (χ0) is 13.1. The highest BCUT2D eigenvalue weighted by atomic mass is 35.5. The molecule has 4 nitrogen and oxygen atoms in total. The molecule has 18 heavy (non-hydrogen) atoms. The van der Waals surface area contributed by atoms with Crippen LogP contribution in [0.4, 0.5) is 5.82 Å². The van der Waals surface area contributed by atoms with Gasteiger partial charge >= 0.3 is 0 Å². The summed E-state index contributed by atoms with van der Waals surface area (Å²) in [5.74, 6) is 0.286. The Morgan fingerprint density at radius 2 is 2.22 bits per heavy atom. The van der Waals surface area contributed by atoms with Crippen molar-refractivity contribution in [2.45, 2.75) is 38.6 Å². The van der Waals surface area contributed by atoms with Gasteiger partial charge in [-0.25, -0.2) is 4.98 Å². The summed E-state index contributed by atoms with van der Waals surface area (Å²) in [5.41, 5.74) is 6.08. The molecule has 5 heteroatoms. The van der Waals surface area contributed by atoms with Crippen LogP contribution in [-0.4, -0.2) is 28.4 Å². The van der Waals surface area contributed by atoms with E-state index in [0.717, 1.165) is 12.8 Å². The Hall–Kier alpha value is -1.29. The number of carbonyl (C=O) groups is 1. The molecule has 2 N–H and O–H groups in total. The molecule has 98 valence electrons. The molecule has 0 aromatic carbocycles. The molecule has 1 aromatic heterocycles. The molecule has 1 aromatic rings. The molecule has 0 radical (unpaired) electrons. The van der Waals surface area contributed by atoms with Crippen molar-refractivity contribution in [3.8, 4) is 0 Å². The molecule has 1 heterocycles. The number of hydrogen-bond acceptors (Lipinski definition) is 3. The van der Waals surface area contributed by atoms with Gasteiger partial charge in [-0.2, -0.15) is 0 Å². The van der Waals surface area contributed by atoms with Crippen LogP contribution < -0.4 is 5.73 Å². The van der Waals surface area contributed by atoms with E-state index in [4.69, 9.17) is 17.3 Å². The molecular weight excluding hydrogens is 250 g/mol. The quantitative estimate of drug-likeness (QED) is 0.916. The molecule has 0 aliphatic heterocycles. The second-order valence-corrected chi connectivity index (χ2v) is 5.03. The Balaban J connectivity index is 2.25. The van der Waals surface area contributed by atoms with Crippen molar-refractivity contribution in [3.63, 3.8) is 0 Å². The van der Waals surface area contributed by atoms with Crippen LogP contribution in [0.25, 0.3) is 0 Å². The minimum atomic E-state index is -0.0384. The fourth-order valence-corrected chi connectivity index (χ4v) is 2.74. The number of nitrogens with zero attached hydrogens (tertiary/aromatic N) is 2. The van der Waals surface area contributed by atoms with E-state index in [0.29, 0.717) is 29.0 Å². The van der Waals surface area contributed by atoms with Gasteiger partial charge in [0.2, 0.25) is 0 Å². The summed E-state index contributed by atoms with van der Waals surface area (Å²) in [5, 5.41) is 0.366. The van der Waals surface area contributed by atoms with Gasteiger partial charge in [0, 0.05) is 18.8 Å². The Bertz CT molecular complexity index is 444. The maximum atomic E-state index is 12.5. The SMILES string of the molecule is CCN(C(=O)c1cc(N)ncc1Cl)C1CCCC1. The molecule has 1 aliphatic rings. The monoisotopic (exact) mass is 267 g/mol. The maximum Gasteiger partial charge on any atom is 0.255 e. The number of carbonyl (C=O) groups excluding carboxylic acids is 1. The van der Waals surface area contributed by atoms with E-state index >= 15 is 0 Å². The third-order valence-corrected chi connectivity index (χ3v) is 3.78. The zero-order valence-electron chi connectivity index (χ0n) is 10.5. The Labute approximate surface area is 112 Å². The first-order valence-electron chi connectivity index (χ1n) is 6.35. The van der Waals surface area contributed by atoms with E-state index in [-0.39, 0.29) is 5.91 Å². The van der Waals surface area contributed by atoms with E-state index in [9.17, 15) is 4.79 Å². The number of amides is 1. The minimum Gasteiger partial charge on any atom is -0.384 e. The van der Waals surface area contributed by atoms with Crippen LogP contribution >= 0.6 is 11.6 Å². The van der Waals surface area contributed by atoms with Gasteiger partial charge in [0.05, 0.1) is 10.6 Å². The minimum absolute atomic E-state index is 0.0384. The standard InChI is InChI=1S/C13H18ClN3O/c1-2-17(9-5-3-4-6-9)13(18)10-7-12(15)16-8-11(10)14/h7-9H,2-6H2,1H3,(H2,15,16). The fraction of sp³-hybridized carbons (Fsp3) is 0.538. The van der Waals surface area contributed by atoms with Crippen molar-refractivity contribution in [2.24, 2.45) is 0 Å². The predicted octanol–water partition coefficient (Wildman–Crippen LogP) is 2.72. The molecule has 2 rings (SSSR count). The molecule has 1 saturated carbocycles. The van der Waals surface area contributed by atoms with E-state index in [1.54, 1.807) is 6.07 Å². The van der Waals surface area contributed by atoms with Crippen LogP contribution in [0.15, 0.2) is 12.3 Å². The molecule has 0 unspecified atom stereocenters. The van der Waals surface area contributed by atoms with Gasteiger partial charge in [0.25, 0.3) is 5.91 Å². The number of hydrogen-bond donors (Lipinski definition) is 1. The normalized spacial score (nSPS) is 15.9. The first-order valence-corrected chi connectivity index (χ1v) is 6.73. The van der Waals surface area contributed by atoms with Gasteiger partial charge in [-0.3, -0.25) is 4.79 Å². The second kappa shape index (κ2) is 5.57. The van der Waals surface area contributed by atoms with Crippen LogP contribution in [0.2, 0.25) is 5.02 Å². The van der Waals surface area contributed by atoms with Crippen LogP contribution in [0.3, 0.4) is 0 Å². The van der Waals surface area contributed by atoms with Crippen molar-refractivity contribution < 1.29 is 4.79 Å². The topological polar surface area (TPSA) is 59.2 Å². The van der Waals surface area contributed by atoms with Crippen LogP contribution in [-0.2, 0) is 0 Å². The lowest BCUT2D eigenvalue weighted by atomic mass is 10.1. The van der Waals surface area contributed by atoms with Gasteiger partial charge < -0.3 is 10.6 Å². The average Bonchev–Trinajstić information content (AvgIpc) is 2.87. The molecule has 1 aliphatic carbocycles. The number of nitrogen functional groups attached to an aromatic ring is 1. The summed E-state index contributed by atoms with van der Waals surface area (Å²) < 4.78 is 0. The van der Waals surface area contributed by atoms with Crippen molar-refractivity contribution in [1.29, 1.82) is 0 Å². The Morgan fingerprint density at radius 1 is 1.56 bits per heavy atom. The largest absolute Gasteiger partial charge is 0.384 e. The average molecular weight is 268 g/mol. The van der Waals surface area contributed by atoms with Crippen molar-refractivity contribution in [2.75, 3.05) is 12.3 Å². The summed E-state index contributed by atoms with van der Waals surface area (Å²) in [6.45, 7) is 2.69. The van der Waals surface area contributed by atoms with E-state index in [1.165, 1.54) is 19.0 Å². The van der Waals surface area contributed by atoms with Gasteiger partial charge in [-0.1, -0.05) is 24.4 Å². The predicted molar refractivity (Wildman–Crippen MR) is 72.6 cm³/mol. The third kappa shape index (κ3) is 2.58. The number of aromatic nitrogens is 1. The summed E-state index contributed by atoms with van der Waals surface area (Å²) in [6, 6.07) is 1.90. The van der Waals surface area contributed by atoms with E-state index in [2.05, 4.69) is 4.98 Å². The fourth-order valence-electron chi connectivity index (χ4n) is 2.56. The molecular formula is C13H18ClN3O. The lowest BCUT2D eigenvalue weighted by Gasteiger charge is -2.28. The van der Waals surface area contributed by atoms with Gasteiger partial charge in [0.15, 0.2) is 0 Å². The third-order valence-electron chi connectivity index (χ3n) is 3.47. The van der Waals surface area contributed by atoms with Gasteiger partial charge in [-0.15, -0.1) is 0 Å². The zero-order valence-corrected chi connectivity index (χ0v) is 11.3. The lowest BCUT2D eigenvalue weighted by molar-refractivity contribution is 0.0693. The Kier molecular flexibility index (Phi) is 4.07. The molecule has 0 spiro atoms. The molecule has 0 bridgehead atoms. The summed E-state index contributed by atoms with van der Waals surface area (Å²) in [7, 11) is 0. The molecule has 1 amide bonds. The first kappa shape index (κ1) is 13.1. The first-order chi connectivity index (χ1) is 8.63. The van der Waals surface area contributed by atoms with Gasteiger partial charge in [-0.05, 0) is 25.8 Å². The molecule has 0 saturated heterocycles. The highest BCUT2D eigenvalue weighted by Crippen LogP contribution is 2.26. The molecule has 1 fully saturated rings. The number of pyridine rings is 1. The number of rotatable bonds is 3. The number of anilines is 1. The van der Waals surface area contributed by atoms with E-state index < -0.39 is 0 Å². The van der Waals surface area contributed by atoms with Crippen LogP contribution in [0, 0.1) is 0 Å². The Morgan fingerprint density at radius 3 is 2.83 bits per heavy atom. The van der Waals surface area contributed by atoms with Crippen molar-refractivity contribution in [1.82, 2.24) is 9.88 Å². The summed E-state index contributed by atoms with van der Waals surface area (Å²) >= 11 is 6.03. The number of halogens is 1.